The lowest BCUT2D eigenvalue weighted by atomic mass is 9.79. The lowest BCUT2D eigenvalue weighted by molar-refractivity contribution is -0.000508. The molecule has 1 saturated carbocycles. The van der Waals surface area contributed by atoms with Gasteiger partial charge in [-0.05, 0) is 30.5 Å². The van der Waals surface area contributed by atoms with Crippen molar-refractivity contribution in [2.24, 2.45) is 7.05 Å². The number of hydrogen-bond acceptors (Lipinski definition) is 2. The highest BCUT2D eigenvalue weighted by Gasteiger charge is 2.31. The molecule has 1 aromatic carbocycles. The molecule has 1 fully saturated rings. The van der Waals surface area contributed by atoms with Crippen molar-refractivity contribution in [3.63, 3.8) is 0 Å². The Morgan fingerprint density at radius 3 is 2.76 bits per heavy atom. The van der Waals surface area contributed by atoms with Crippen molar-refractivity contribution in [2.45, 2.75) is 37.7 Å². The molecule has 1 heterocycles. The van der Waals surface area contributed by atoms with Crippen molar-refractivity contribution in [3.8, 4) is 0 Å². The van der Waals surface area contributed by atoms with Crippen molar-refractivity contribution in [1.82, 2.24) is 9.78 Å². The average molecular weight is 230 g/mol. The lowest BCUT2D eigenvalue weighted by Gasteiger charge is -2.32. The Balaban J connectivity index is 2.05. The number of aromatic nitrogens is 2. The van der Waals surface area contributed by atoms with E-state index in [2.05, 4.69) is 23.3 Å². The zero-order valence-electron chi connectivity index (χ0n) is 10.2. The van der Waals surface area contributed by atoms with Gasteiger partial charge in [0.05, 0.1) is 17.3 Å². The first-order valence-electron chi connectivity index (χ1n) is 6.34. The monoisotopic (exact) mass is 230 g/mol. The van der Waals surface area contributed by atoms with Crippen molar-refractivity contribution >= 4 is 10.9 Å². The molecule has 3 nitrogen and oxygen atoms in total. The minimum absolute atomic E-state index is 0.609. The Morgan fingerprint density at radius 1 is 1.24 bits per heavy atom. The van der Waals surface area contributed by atoms with Crippen molar-refractivity contribution in [1.29, 1.82) is 0 Å². The summed E-state index contributed by atoms with van der Waals surface area (Å²) in [6, 6.07) is 6.20. The maximum Gasteiger partial charge on any atom is 0.0896 e. The van der Waals surface area contributed by atoms with Crippen LogP contribution in [-0.4, -0.2) is 14.9 Å². The average Bonchev–Trinajstić information content (AvgIpc) is 2.72. The summed E-state index contributed by atoms with van der Waals surface area (Å²) in [5, 5.41) is 16.0. The summed E-state index contributed by atoms with van der Waals surface area (Å²) in [6.45, 7) is 0. The van der Waals surface area contributed by atoms with Crippen LogP contribution in [-0.2, 0) is 12.6 Å². The van der Waals surface area contributed by atoms with Gasteiger partial charge in [-0.2, -0.15) is 5.10 Å². The van der Waals surface area contributed by atoms with E-state index in [-0.39, 0.29) is 0 Å². The second-order valence-electron chi connectivity index (χ2n) is 5.13. The molecule has 0 radical (unpaired) electrons. The zero-order chi connectivity index (χ0) is 11.9. The Morgan fingerprint density at radius 2 is 2.00 bits per heavy atom. The van der Waals surface area contributed by atoms with Gasteiger partial charge in [0, 0.05) is 12.4 Å². The molecule has 1 N–H and O–H groups in total. The van der Waals surface area contributed by atoms with E-state index < -0.39 is 5.60 Å². The van der Waals surface area contributed by atoms with Gasteiger partial charge in [0.25, 0.3) is 0 Å². The predicted octanol–water partition coefficient (Wildman–Crippen LogP) is 2.73. The topological polar surface area (TPSA) is 38.0 Å². The van der Waals surface area contributed by atoms with Crippen molar-refractivity contribution in [2.75, 3.05) is 0 Å². The van der Waals surface area contributed by atoms with Crippen LogP contribution < -0.4 is 0 Å². The summed E-state index contributed by atoms with van der Waals surface area (Å²) >= 11 is 0. The van der Waals surface area contributed by atoms with E-state index in [0.29, 0.717) is 0 Å². The van der Waals surface area contributed by atoms with Crippen LogP contribution in [0.15, 0.2) is 24.4 Å². The number of nitrogens with zero attached hydrogens (tertiary/aromatic N) is 2. The largest absolute Gasteiger partial charge is 0.385 e. The van der Waals surface area contributed by atoms with E-state index in [1.165, 1.54) is 6.42 Å². The first-order valence-corrected chi connectivity index (χ1v) is 6.34. The number of fused-ring (bicyclic) bond motifs is 1. The predicted molar refractivity (Wildman–Crippen MR) is 67.7 cm³/mol. The smallest absolute Gasteiger partial charge is 0.0896 e. The summed E-state index contributed by atoms with van der Waals surface area (Å²) < 4.78 is 1.87. The molecule has 1 aromatic heterocycles. The Labute approximate surface area is 101 Å². The van der Waals surface area contributed by atoms with Crippen LogP contribution in [0, 0.1) is 0 Å². The highest BCUT2D eigenvalue weighted by molar-refractivity contribution is 5.79. The number of aliphatic hydroxyl groups is 1. The fourth-order valence-electron chi connectivity index (χ4n) is 2.88. The quantitative estimate of drug-likeness (QED) is 0.818. The molecule has 2 aromatic rings. The molecule has 0 aliphatic heterocycles. The van der Waals surface area contributed by atoms with Crippen LogP contribution in [0.5, 0.6) is 0 Å². The lowest BCUT2D eigenvalue weighted by Crippen LogP contribution is -2.28. The van der Waals surface area contributed by atoms with Crippen LogP contribution in [0.2, 0.25) is 0 Å². The SMILES string of the molecule is Cn1ncc2cc(C3(O)CCCCC3)ccc21. The Kier molecular flexibility index (Phi) is 2.44. The second kappa shape index (κ2) is 3.84. The standard InChI is InChI=1S/C14H18N2O/c1-16-13-6-5-12(9-11(13)10-15-16)14(17)7-3-2-4-8-14/h5-6,9-10,17H,2-4,7-8H2,1H3. The molecule has 0 atom stereocenters. The highest BCUT2D eigenvalue weighted by Crippen LogP contribution is 2.37. The molecule has 1 aliphatic rings. The zero-order valence-corrected chi connectivity index (χ0v) is 10.2. The molecule has 17 heavy (non-hydrogen) atoms. The van der Waals surface area contributed by atoms with Gasteiger partial charge in [0.15, 0.2) is 0 Å². The molecule has 90 valence electrons. The third-order valence-electron chi connectivity index (χ3n) is 3.96. The number of rotatable bonds is 1. The van der Waals surface area contributed by atoms with Gasteiger partial charge in [-0.3, -0.25) is 4.68 Å². The van der Waals surface area contributed by atoms with E-state index in [1.54, 1.807) is 0 Å². The molecule has 3 rings (SSSR count). The first kappa shape index (κ1) is 10.8. The maximum absolute atomic E-state index is 10.7. The number of benzene rings is 1. The highest BCUT2D eigenvalue weighted by atomic mass is 16.3. The fourth-order valence-corrected chi connectivity index (χ4v) is 2.88. The van der Waals surface area contributed by atoms with Gasteiger partial charge < -0.3 is 5.11 Å². The summed E-state index contributed by atoms with van der Waals surface area (Å²) in [5.41, 5.74) is 1.56. The molecule has 0 spiro atoms. The molecule has 0 saturated heterocycles. The summed E-state index contributed by atoms with van der Waals surface area (Å²) in [5.74, 6) is 0. The van der Waals surface area contributed by atoms with Crippen LogP contribution in [0.4, 0.5) is 0 Å². The second-order valence-corrected chi connectivity index (χ2v) is 5.13. The maximum atomic E-state index is 10.7. The normalized spacial score (nSPS) is 19.6. The van der Waals surface area contributed by atoms with Crippen molar-refractivity contribution < 1.29 is 5.11 Å². The Bertz CT molecular complexity index is 538. The molecular weight excluding hydrogens is 212 g/mol. The van der Waals surface area contributed by atoms with Gasteiger partial charge in [0.2, 0.25) is 0 Å². The van der Waals surface area contributed by atoms with Gasteiger partial charge in [-0.25, -0.2) is 0 Å². The summed E-state index contributed by atoms with van der Waals surface area (Å²) in [6.07, 6.45) is 7.14. The van der Waals surface area contributed by atoms with Crippen LogP contribution in [0.25, 0.3) is 10.9 Å². The van der Waals surface area contributed by atoms with Crippen LogP contribution in [0.3, 0.4) is 0 Å². The van der Waals surface area contributed by atoms with Crippen LogP contribution in [0.1, 0.15) is 37.7 Å². The molecular formula is C14H18N2O. The Hall–Kier alpha value is -1.35. The van der Waals surface area contributed by atoms with Gasteiger partial charge in [-0.1, -0.05) is 25.3 Å². The minimum Gasteiger partial charge on any atom is -0.385 e. The minimum atomic E-state index is -0.609. The summed E-state index contributed by atoms with van der Waals surface area (Å²) in [7, 11) is 1.94. The van der Waals surface area contributed by atoms with E-state index in [4.69, 9.17) is 0 Å². The molecule has 0 unspecified atom stereocenters. The van der Waals surface area contributed by atoms with E-state index >= 15 is 0 Å². The third-order valence-corrected chi connectivity index (χ3v) is 3.96. The molecule has 1 aliphatic carbocycles. The molecule has 3 heteroatoms. The van der Waals surface area contributed by atoms with E-state index in [1.807, 2.05) is 17.9 Å². The molecule has 0 amide bonds. The summed E-state index contributed by atoms with van der Waals surface area (Å²) in [4.78, 5) is 0. The van der Waals surface area contributed by atoms with Crippen LogP contribution >= 0.6 is 0 Å². The third kappa shape index (κ3) is 1.75. The number of aryl methyl sites for hydroxylation is 1. The van der Waals surface area contributed by atoms with Crippen molar-refractivity contribution in [3.05, 3.63) is 30.0 Å². The van der Waals surface area contributed by atoms with Gasteiger partial charge in [-0.15, -0.1) is 0 Å². The van der Waals surface area contributed by atoms with E-state index in [9.17, 15) is 5.11 Å². The first-order chi connectivity index (χ1) is 8.19. The fraction of sp³-hybridized carbons (Fsp3) is 0.500. The number of hydrogen-bond donors (Lipinski definition) is 1. The van der Waals surface area contributed by atoms with Gasteiger partial charge >= 0.3 is 0 Å². The molecule has 0 bridgehead atoms. The van der Waals surface area contributed by atoms with Gasteiger partial charge in [0.1, 0.15) is 0 Å². The van der Waals surface area contributed by atoms with E-state index in [0.717, 1.165) is 42.1 Å².